The van der Waals surface area contributed by atoms with Crippen molar-refractivity contribution in [3.05, 3.63) is 105 Å². The zero-order valence-electron chi connectivity index (χ0n) is 20.3. The van der Waals surface area contributed by atoms with Gasteiger partial charge >= 0.3 is 17.3 Å². The molecule has 3 aromatic heterocycles. The molecule has 5 rings (SSSR count). The van der Waals surface area contributed by atoms with E-state index < -0.39 is 34.6 Å². The number of hydrogen-bond acceptors (Lipinski definition) is 5. The van der Waals surface area contributed by atoms with Gasteiger partial charge in [0.1, 0.15) is 5.82 Å². The van der Waals surface area contributed by atoms with Crippen LogP contribution in [0.1, 0.15) is 16.1 Å². The second-order valence-electron chi connectivity index (χ2n) is 8.61. The van der Waals surface area contributed by atoms with Gasteiger partial charge in [0, 0.05) is 43.8 Å². The van der Waals surface area contributed by atoms with Crippen LogP contribution in [-0.2, 0) is 20.3 Å². The molecule has 198 valence electrons. The van der Waals surface area contributed by atoms with Gasteiger partial charge < -0.3 is 14.5 Å². The van der Waals surface area contributed by atoms with Gasteiger partial charge in [-0.05, 0) is 48.5 Å². The van der Waals surface area contributed by atoms with Crippen LogP contribution < -0.4 is 16.4 Å². The Kier molecular flexibility index (Phi) is 6.13. The van der Waals surface area contributed by atoms with Crippen molar-refractivity contribution in [3.63, 3.8) is 0 Å². The number of anilines is 1. The summed E-state index contributed by atoms with van der Waals surface area (Å²) in [6.45, 7) is 0. The van der Waals surface area contributed by atoms with E-state index in [1.165, 1.54) is 53.8 Å². The largest absolute Gasteiger partial charge is 0.419 e. The van der Waals surface area contributed by atoms with E-state index in [9.17, 15) is 31.9 Å². The van der Waals surface area contributed by atoms with Crippen molar-refractivity contribution < 1.29 is 22.4 Å². The van der Waals surface area contributed by atoms with Crippen molar-refractivity contribution in [2.75, 3.05) is 5.32 Å². The number of hydrogen-bond donors (Lipinski definition) is 1. The van der Waals surface area contributed by atoms with Gasteiger partial charge in [0.2, 0.25) is 0 Å². The molecule has 2 aromatic carbocycles. The first-order valence-corrected chi connectivity index (χ1v) is 11.3. The summed E-state index contributed by atoms with van der Waals surface area (Å²) in [5, 5.41) is 6.90. The minimum atomic E-state index is -4.87. The molecule has 0 atom stereocenters. The molecule has 0 radical (unpaired) electrons. The van der Waals surface area contributed by atoms with Crippen LogP contribution in [0.3, 0.4) is 0 Å². The number of aromatic nitrogens is 5. The summed E-state index contributed by atoms with van der Waals surface area (Å²) < 4.78 is 57.1. The summed E-state index contributed by atoms with van der Waals surface area (Å²) in [7, 11) is 2.89. The molecule has 3 heterocycles. The van der Waals surface area contributed by atoms with E-state index in [-0.39, 0.29) is 11.4 Å². The zero-order valence-corrected chi connectivity index (χ0v) is 20.3. The van der Waals surface area contributed by atoms with Crippen molar-refractivity contribution >= 4 is 22.6 Å². The van der Waals surface area contributed by atoms with Gasteiger partial charge in [-0.1, -0.05) is 0 Å². The predicted molar refractivity (Wildman–Crippen MR) is 134 cm³/mol. The van der Waals surface area contributed by atoms with E-state index in [2.05, 4.69) is 15.4 Å². The molecule has 5 aromatic rings. The second-order valence-corrected chi connectivity index (χ2v) is 8.61. The average Bonchev–Trinajstić information content (AvgIpc) is 3.36. The fourth-order valence-corrected chi connectivity index (χ4v) is 4.14. The predicted octanol–water partition coefficient (Wildman–Crippen LogP) is 3.90. The minimum absolute atomic E-state index is 0.0343. The summed E-state index contributed by atoms with van der Waals surface area (Å²) in [5.74, 6) is -2.16. The monoisotopic (exact) mass is 538 g/mol. The van der Waals surface area contributed by atoms with Crippen LogP contribution in [0.2, 0.25) is 0 Å². The number of halogens is 4. The van der Waals surface area contributed by atoms with Crippen LogP contribution >= 0.6 is 0 Å². The number of aryl methyl sites for hydroxylation is 2. The first kappa shape index (κ1) is 25.6. The van der Waals surface area contributed by atoms with Gasteiger partial charge in [-0.3, -0.25) is 19.4 Å². The first-order chi connectivity index (χ1) is 18.5. The Hall–Kier alpha value is -5.07. The normalized spacial score (nSPS) is 11.6. The molecule has 0 aliphatic carbocycles. The summed E-state index contributed by atoms with van der Waals surface area (Å²) >= 11 is 0. The molecule has 0 fully saturated rings. The molecular weight excluding hydrogens is 520 g/mol. The molecule has 0 unspecified atom stereocenters. The van der Waals surface area contributed by atoms with Crippen molar-refractivity contribution in [2.45, 2.75) is 6.18 Å². The molecule has 9 nitrogen and oxygen atoms in total. The van der Waals surface area contributed by atoms with Crippen molar-refractivity contribution in [2.24, 2.45) is 14.1 Å². The molecule has 1 amide bonds. The maximum absolute atomic E-state index is 14.4. The van der Waals surface area contributed by atoms with Crippen molar-refractivity contribution in [3.8, 4) is 16.9 Å². The third-order valence-electron chi connectivity index (χ3n) is 6.17. The maximum Gasteiger partial charge on any atom is 0.419 e. The Morgan fingerprint density at radius 1 is 0.872 bits per heavy atom. The molecule has 0 bridgehead atoms. The summed E-state index contributed by atoms with van der Waals surface area (Å²) in [5.41, 5.74) is -1.03. The SMILES string of the molecule is Cn1c(=O)c(=O)n(C)c2cc(NC(=O)c3cc(-c4ccncc4)n(-c4ccc(C(F)(F)F)c(F)c4)n3)ccc21. The molecule has 0 saturated carbocycles. The van der Waals surface area contributed by atoms with Crippen LogP contribution in [0.15, 0.2) is 76.6 Å². The number of alkyl halides is 3. The summed E-state index contributed by atoms with van der Waals surface area (Å²) in [6.07, 6.45) is -1.92. The Morgan fingerprint density at radius 3 is 2.18 bits per heavy atom. The van der Waals surface area contributed by atoms with Gasteiger partial charge in [-0.15, -0.1) is 0 Å². The average molecular weight is 538 g/mol. The Bertz CT molecular complexity index is 1870. The number of amides is 1. The summed E-state index contributed by atoms with van der Waals surface area (Å²) in [6, 6.07) is 11.6. The van der Waals surface area contributed by atoms with Crippen LogP contribution in [0.4, 0.5) is 23.2 Å². The molecule has 0 saturated heterocycles. The molecular formula is C26H18F4N6O3. The van der Waals surface area contributed by atoms with Crippen LogP contribution in [0, 0.1) is 5.82 Å². The van der Waals surface area contributed by atoms with E-state index in [0.29, 0.717) is 40.1 Å². The van der Waals surface area contributed by atoms with Gasteiger partial charge in [-0.2, -0.15) is 18.3 Å². The molecule has 1 N–H and O–H groups in total. The van der Waals surface area contributed by atoms with Crippen molar-refractivity contribution in [1.82, 2.24) is 23.9 Å². The van der Waals surface area contributed by atoms with Crippen molar-refractivity contribution in [1.29, 1.82) is 0 Å². The van der Waals surface area contributed by atoms with Gasteiger partial charge in [-0.25, -0.2) is 9.07 Å². The van der Waals surface area contributed by atoms with Gasteiger partial charge in [0.15, 0.2) is 5.69 Å². The third kappa shape index (κ3) is 4.58. The third-order valence-corrected chi connectivity index (χ3v) is 6.17. The first-order valence-electron chi connectivity index (χ1n) is 11.3. The molecule has 0 spiro atoms. The highest BCUT2D eigenvalue weighted by atomic mass is 19.4. The molecule has 0 aliphatic heterocycles. The standard InChI is InChI=1S/C26H18F4N6O3/c1-34-20-6-3-15(11-22(20)35(2)25(39)24(34)38)32-23(37)19-13-21(14-7-9-31-10-8-14)36(33-19)16-4-5-17(18(27)12-16)26(28,29)30/h3-13H,1-2H3,(H,32,37). The van der Waals surface area contributed by atoms with E-state index in [1.54, 1.807) is 18.2 Å². The van der Waals surface area contributed by atoms with E-state index in [1.807, 2.05) is 0 Å². The molecule has 39 heavy (non-hydrogen) atoms. The Labute approximate surface area is 216 Å². The van der Waals surface area contributed by atoms with Gasteiger partial charge in [0.05, 0.1) is 28.0 Å². The highest BCUT2D eigenvalue weighted by molar-refractivity contribution is 6.04. The number of rotatable bonds is 4. The molecule has 0 aliphatic rings. The lowest BCUT2D eigenvalue weighted by Crippen LogP contribution is -2.39. The van der Waals surface area contributed by atoms with E-state index in [0.717, 1.165) is 10.7 Å². The number of benzene rings is 2. The minimum Gasteiger partial charge on any atom is -0.321 e. The number of nitrogens with zero attached hydrogens (tertiary/aromatic N) is 5. The highest BCUT2D eigenvalue weighted by Gasteiger charge is 2.34. The quantitative estimate of drug-likeness (QED) is 0.276. The van der Waals surface area contributed by atoms with Crippen LogP contribution in [0.5, 0.6) is 0 Å². The lowest BCUT2D eigenvalue weighted by molar-refractivity contribution is -0.140. The second kappa shape index (κ2) is 9.35. The lowest BCUT2D eigenvalue weighted by atomic mass is 10.1. The number of carbonyl (C=O) groups is 1. The summed E-state index contributed by atoms with van der Waals surface area (Å²) in [4.78, 5) is 41.4. The Balaban J connectivity index is 1.56. The highest BCUT2D eigenvalue weighted by Crippen LogP contribution is 2.33. The zero-order chi connectivity index (χ0) is 28.1. The number of carbonyl (C=O) groups excluding carboxylic acids is 1. The maximum atomic E-state index is 14.4. The number of pyridine rings is 1. The lowest BCUT2D eigenvalue weighted by Gasteiger charge is -2.11. The number of fused-ring (bicyclic) bond motifs is 1. The van der Waals surface area contributed by atoms with E-state index in [4.69, 9.17) is 0 Å². The van der Waals surface area contributed by atoms with Crippen LogP contribution in [-0.4, -0.2) is 29.8 Å². The van der Waals surface area contributed by atoms with Crippen LogP contribution in [0.25, 0.3) is 28.0 Å². The van der Waals surface area contributed by atoms with Gasteiger partial charge in [0.25, 0.3) is 5.91 Å². The fraction of sp³-hybridized carbons (Fsp3) is 0.115. The van der Waals surface area contributed by atoms with E-state index >= 15 is 0 Å². The fourth-order valence-electron chi connectivity index (χ4n) is 4.14. The smallest absolute Gasteiger partial charge is 0.321 e. The number of nitrogens with one attached hydrogen (secondary N) is 1. The topological polar surface area (TPSA) is 104 Å². The Morgan fingerprint density at radius 2 is 1.54 bits per heavy atom. The molecule has 13 heteroatoms.